The maximum absolute atomic E-state index is 5.51. The zero-order valence-corrected chi connectivity index (χ0v) is 9.46. The highest BCUT2D eigenvalue weighted by molar-refractivity contribution is 7.09. The van der Waals surface area contributed by atoms with E-state index in [0.717, 1.165) is 19.4 Å². The molecule has 0 atom stereocenters. The molecule has 0 aliphatic carbocycles. The third-order valence-electron chi connectivity index (χ3n) is 2.41. The summed E-state index contributed by atoms with van der Waals surface area (Å²) < 4.78 is 0. The minimum Gasteiger partial charge on any atom is -0.330 e. The molecule has 0 unspecified atom stereocenters. The second kappa shape index (κ2) is 5.10. The molecule has 2 rings (SSSR count). The normalized spacial score (nSPS) is 10.5. The van der Waals surface area contributed by atoms with Gasteiger partial charge in [0.2, 0.25) is 0 Å². The van der Waals surface area contributed by atoms with Gasteiger partial charge in [0.1, 0.15) is 0 Å². The monoisotopic (exact) mass is 217 g/mol. The van der Waals surface area contributed by atoms with E-state index in [2.05, 4.69) is 41.8 Å². The van der Waals surface area contributed by atoms with Gasteiger partial charge in [0, 0.05) is 11.3 Å². The molecule has 0 aliphatic rings. The summed E-state index contributed by atoms with van der Waals surface area (Å²) in [7, 11) is 0. The van der Waals surface area contributed by atoms with Crippen molar-refractivity contribution in [3.8, 4) is 0 Å². The van der Waals surface area contributed by atoms with Crippen LogP contribution in [0.5, 0.6) is 0 Å². The summed E-state index contributed by atoms with van der Waals surface area (Å²) in [6.07, 6.45) is 2.01. The largest absolute Gasteiger partial charge is 0.330 e. The van der Waals surface area contributed by atoms with Crippen molar-refractivity contribution in [3.63, 3.8) is 0 Å². The molecule has 78 valence electrons. The van der Waals surface area contributed by atoms with Gasteiger partial charge < -0.3 is 5.73 Å². The van der Waals surface area contributed by atoms with Crippen molar-refractivity contribution >= 4 is 11.3 Å². The van der Waals surface area contributed by atoms with Gasteiger partial charge in [0.15, 0.2) is 0 Å². The van der Waals surface area contributed by atoms with E-state index in [4.69, 9.17) is 5.73 Å². The van der Waals surface area contributed by atoms with E-state index in [0.29, 0.717) is 0 Å². The Hall–Kier alpha value is -1.12. The number of nitrogens with two attached hydrogens (primary N) is 1. The van der Waals surface area contributed by atoms with Crippen LogP contribution < -0.4 is 5.73 Å². The molecule has 0 amide bonds. The summed E-state index contributed by atoms with van der Waals surface area (Å²) in [6.45, 7) is 0.726. The molecule has 0 spiro atoms. The molecule has 2 heteroatoms. The molecule has 1 aromatic carbocycles. The van der Waals surface area contributed by atoms with Gasteiger partial charge in [0.25, 0.3) is 0 Å². The van der Waals surface area contributed by atoms with Gasteiger partial charge >= 0.3 is 0 Å². The lowest BCUT2D eigenvalue weighted by Crippen LogP contribution is -2.02. The Morgan fingerprint density at radius 2 is 1.73 bits per heavy atom. The number of benzene rings is 1. The highest BCUT2D eigenvalue weighted by Crippen LogP contribution is 2.15. The highest BCUT2D eigenvalue weighted by atomic mass is 32.1. The van der Waals surface area contributed by atoms with E-state index in [-0.39, 0.29) is 0 Å². The van der Waals surface area contributed by atoms with E-state index in [1.807, 2.05) is 11.3 Å². The first-order valence-corrected chi connectivity index (χ1v) is 6.07. The molecular formula is C13H15NS. The highest BCUT2D eigenvalue weighted by Gasteiger charge is 1.97. The predicted molar refractivity (Wildman–Crippen MR) is 66.3 cm³/mol. The van der Waals surface area contributed by atoms with Crippen LogP contribution in [0.15, 0.2) is 41.8 Å². The predicted octanol–water partition coefficient (Wildman–Crippen LogP) is 2.84. The molecule has 2 aromatic rings. The SMILES string of the molecule is NCCc1ccc(Cc2cccs2)cc1. The van der Waals surface area contributed by atoms with Crippen molar-refractivity contribution in [1.29, 1.82) is 0 Å². The van der Waals surface area contributed by atoms with Crippen LogP contribution in [0, 0.1) is 0 Å². The fourth-order valence-corrected chi connectivity index (χ4v) is 2.34. The Morgan fingerprint density at radius 1 is 1.00 bits per heavy atom. The number of thiophene rings is 1. The van der Waals surface area contributed by atoms with Gasteiger partial charge in [0.05, 0.1) is 0 Å². The number of hydrogen-bond acceptors (Lipinski definition) is 2. The summed E-state index contributed by atoms with van der Waals surface area (Å²) in [5, 5.41) is 2.12. The van der Waals surface area contributed by atoms with Gasteiger partial charge in [-0.2, -0.15) is 0 Å². The fourth-order valence-electron chi connectivity index (χ4n) is 1.60. The van der Waals surface area contributed by atoms with Crippen molar-refractivity contribution in [3.05, 3.63) is 57.8 Å². The molecule has 1 aromatic heterocycles. The van der Waals surface area contributed by atoms with Crippen LogP contribution in [-0.2, 0) is 12.8 Å². The Balaban J connectivity index is 2.04. The van der Waals surface area contributed by atoms with Gasteiger partial charge in [-0.15, -0.1) is 11.3 Å². The van der Waals surface area contributed by atoms with Gasteiger partial charge in [-0.25, -0.2) is 0 Å². The third kappa shape index (κ3) is 2.91. The maximum Gasteiger partial charge on any atom is 0.00890 e. The maximum atomic E-state index is 5.51. The molecule has 0 saturated heterocycles. The smallest absolute Gasteiger partial charge is 0.00890 e. The quantitative estimate of drug-likeness (QED) is 0.837. The summed E-state index contributed by atoms with van der Waals surface area (Å²) in [6, 6.07) is 13.0. The van der Waals surface area contributed by atoms with Crippen LogP contribution in [0.3, 0.4) is 0 Å². The van der Waals surface area contributed by atoms with Crippen LogP contribution in [0.25, 0.3) is 0 Å². The van der Waals surface area contributed by atoms with E-state index in [1.54, 1.807) is 0 Å². The lowest BCUT2D eigenvalue weighted by atomic mass is 10.1. The second-order valence-electron chi connectivity index (χ2n) is 3.61. The minimum atomic E-state index is 0.726. The van der Waals surface area contributed by atoms with Crippen LogP contribution in [0.4, 0.5) is 0 Å². The van der Waals surface area contributed by atoms with E-state index >= 15 is 0 Å². The summed E-state index contributed by atoms with van der Waals surface area (Å²) >= 11 is 1.81. The zero-order chi connectivity index (χ0) is 10.5. The van der Waals surface area contributed by atoms with Crippen molar-refractivity contribution in [2.45, 2.75) is 12.8 Å². The average Bonchev–Trinajstić information content (AvgIpc) is 2.74. The van der Waals surface area contributed by atoms with Gasteiger partial charge in [-0.3, -0.25) is 0 Å². The first-order valence-electron chi connectivity index (χ1n) is 5.19. The lowest BCUT2D eigenvalue weighted by Gasteiger charge is -2.01. The van der Waals surface area contributed by atoms with E-state index < -0.39 is 0 Å². The first kappa shape index (κ1) is 10.4. The topological polar surface area (TPSA) is 26.0 Å². The third-order valence-corrected chi connectivity index (χ3v) is 3.29. The van der Waals surface area contributed by atoms with Gasteiger partial charge in [-0.1, -0.05) is 30.3 Å². The molecule has 0 fully saturated rings. The lowest BCUT2D eigenvalue weighted by molar-refractivity contribution is 0.967. The average molecular weight is 217 g/mol. The van der Waals surface area contributed by atoms with Gasteiger partial charge in [-0.05, 0) is 35.5 Å². The van der Waals surface area contributed by atoms with Crippen molar-refractivity contribution in [1.82, 2.24) is 0 Å². The van der Waals surface area contributed by atoms with Crippen LogP contribution >= 0.6 is 11.3 Å². The van der Waals surface area contributed by atoms with E-state index in [1.165, 1.54) is 16.0 Å². The molecule has 0 saturated carbocycles. The standard InChI is InChI=1S/C13H15NS/c14-8-7-11-3-5-12(6-4-11)10-13-2-1-9-15-13/h1-6,9H,7-8,10,14H2. The Morgan fingerprint density at radius 3 is 2.33 bits per heavy atom. The molecule has 1 heterocycles. The molecule has 2 N–H and O–H groups in total. The Bertz CT molecular complexity index is 389. The first-order chi connectivity index (χ1) is 7.38. The number of rotatable bonds is 4. The second-order valence-corrected chi connectivity index (χ2v) is 4.64. The molecule has 0 aliphatic heterocycles. The van der Waals surface area contributed by atoms with Crippen molar-refractivity contribution < 1.29 is 0 Å². The fraction of sp³-hybridized carbons (Fsp3) is 0.231. The Kier molecular flexibility index (Phi) is 3.54. The van der Waals surface area contributed by atoms with Crippen molar-refractivity contribution in [2.75, 3.05) is 6.54 Å². The summed E-state index contributed by atoms with van der Waals surface area (Å²) in [5.74, 6) is 0. The summed E-state index contributed by atoms with van der Waals surface area (Å²) in [4.78, 5) is 1.42. The molecule has 15 heavy (non-hydrogen) atoms. The van der Waals surface area contributed by atoms with Crippen LogP contribution in [0.2, 0.25) is 0 Å². The van der Waals surface area contributed by atoms with E-state index in [9.17, 15) is 0 Å². The summed E-state index contributed by atoms with van der Waals surface area (Å²) in [5.41, 5.74) is 8.21. The molecule has 0 radical (unpaired) electrons. The molecule has 0 bridgehead atoms. The van der Waals surface area contributed by atoms with Crippen molar-refractivity contribution in [2.24, 2.45) is 5.73 Å². The minimum absolute atomic E-state index is 0.726. The van der Waals surface area contributed by atoms with Crippen LogP contribution in [-0.4, -0.2) is 6.54 Å². The molecular weight excluding hydrogens is 202 g/mol. The molecule has 1 nitrogen and oxygen atoms in total. The zero-order valence-electron chi connectivity index (χ0n) is 8.65. The Labute approximate surface area is 94.6 Å². The number of hydrogen-bond donors (Lipinski definition) is 1. The van der Waals surface area contributed by atoms with Crippen LogP contribution in [0.1, 0.15) is 16.0 Å².